The van der Waals surface area contributed by atoms with E-state index in [1.165, 1.54) is 0 Å². The fourth-order valence-electron chi connectivity index (χ4n) is 3.42. The Kier molecular flexibility index (Phi) is 3.37. The molecule has 2 aliphatic rings. The predicted molar refractivity (Wildman–Crippen MR) is 85.0 cm³/mol. The monoisotopic (exact) mass is 310 g/mol. The maximum atomic E-state index is 12.5. The summed E-state index contributed by atoms with van der Waals surface area (Å²) >= 11 is 0. The van der Waals surface area contributed by atoms with Crippen molar-refractivity contribution in [1.82, 2.24) is 14.9 Å². The van der Waals surface area contributed by atoms with E-state index in [0.717, 1.165) is 30.6 Å². The van der Waals surface area contributed by atoms with E-state index in [2.05, 4.69) is 20.2 Å². The Labute approximate surface area is 133 Å². The molecule has 1 saturated carbocycles. The number of benzene rings is 1. The van der Waals surface area contributed by atoms with Crippen LogP contribution in [0.5, 0.6) is 0 Å². The minimum absolute atomic E-state index is 0.0516. The molecule has 0 unspecified atom stereocenters. The van der Waals surface area contributed by atoms with Crippen molar-refractivity contribution in [2.45, 2.75) is 31.8 Å². The zero-order valence-corrected chi connectivity index (χ0v) is 12.7. The molecule has 1 aromatic heterocycles. The highest BCUT2D eigenvalue weighted by Crippen LogP contribution is 2.30. The van der Waals surface area contributed by atoms with Crippen LogP contribution in [0.1, 0.15) is 28.8 Å². The molecule has 6 heteroatoms. The Hall–Kier alpha value is -2.63. The van der Waals surface area contributed by atoms with Crippen molar-refractivity contribution in [1.29, 1.82) is 0 Å². The van der Waals surface area contributed by atoms with Crippen molar-refractivity contribution < 1.29 is 9.59 Å². The Morgan fingerprint density at radius 1 is 1.39 bits per heavy atom. The van der Waals surface area contributed by atoms with Crippen LogP contribution in [0.25, 0.3) is 0 Å². The molecule has 0 radical (unpaired) electrons. The van der Waals surface area contributed by atoms with E-state index in [-0.39, 0.29) is 24.3 Å². The summed E-state index contributed by atoms with van der Waals surface area (Å²) in [6.07, 6.45) is 7.81. The lowest BCUT2D eigenvalue weighted by atomic mass is 9.80. The number of amides is 2. The highest BCUT2D eigenvalue weighted by Gasteiger charge is 2.32. The molecule has 1 fully saturated rings. The van der Waals surface area contributed by atoms with Crippen LogP contribution in [-0.4, -0.2) is 27.4 Å². The lowest BCUT2D eigenvalue weighted by molar-refractivity contribution is -0.115. The van der Waals surface area contributed by atoms with Gasteiger partial charge >= 0.3 is 0 Å². The summed E-state index contributed by atoms with van der Waals surface area (Å²) in [6.45, 7) is 0.950. The number of hydrogen-bond donors (Lipinski definition) is 2. The first-order valence-corrected chi connectivity index (χ1v) is 7.87. The summed E-state index contributed by atoms with van der Waals surface area (Å²) in [5, 5.41) is 5.86. The van der Waals surface area contributed by atoms with Gasteiger partial charge in [0, 0.05) is 36.2 Å². The van der Waals surface area contributed by atoms with Crippen molar-refractivity contribution in [3.63, 3.8) is 0 Å². The van der Waals surface area contributed by atoms with Crippen LogP contribution in [0.15, 0.2) is 36.9 Å². The van der Waals surface area contributed by atoms with Gasteiger partial charge in [-0.3, -0.25) is 9.59 Å². The molecular weight excluding hydrogens is 292 g/mol. The van der Waals surface area contributed by atoms with Gasteiger partial charge in [0.1, 0.15) is 0 Å². The summed E-state index contributed by atoms with van der Waals surface area (Å²) in [5.74, 6) is 0.452. The zero-order chi connectivity index (χ0) is 15.8. The number of nitrogens with one attached hydrogen (secondary N) is 2. The third-order valence-electron chi connectivity index (χ3n) is 4.63. The van der Waals surface area contributed by atoms with Crippen LogP contribution in [-0.2, 0) is 17.8 Å². The molecule has 1 aliphatic carbocycles. The molecule has 2 amide bonds. The van der Waals surface area contributed by atoms with Crippen LogP contribution in [0, 0.1) is 5.92 Å². The molecular formula is C17H18N4O2. The molecule has 0 spiro atoms. The number of anilines is 1. The molecule has 118 valence electrons. The van der Waals surface area contributed by atoms with Gasteiger partial charge in [0.25, 0.3) is 5.91 Å². The molecule has 2 aromatic rings. The van der Waals surface area contributed by atoms with Crippen LogP contribution < -0.4 is 10.6 Å². The van der Waals surface area contributed by atoms with Crippen molar-refractivity contribution in [2.24, 2.45) is 5.92 Å². The normalized spacial score (nSPS) is 22.2. The first kappa shape index (κ1) is 14.0. The van der Waals surface area contributed by atoms with Gasteiger partial charge in [-0.1, -0.05) is 6.07 Å². The third kappa shape index (κ3) is 2.72. The average Bonchev–Trinajstić information content (AvgIpc) is 3.12. The van der Waals surface area contributed by atoms with E-state index < -0.39 is 0 Å². The number of carbonyl (C=O) groups is 2. The summed E-state index contributed by atoms with van der Waals surface area (Å²) in [4.78, 5) is 28.0. The topological polar surface area (TPSA) is 76.0 Å². The third-order valence-corrected chi connectivity index (χ3v) is 4.63. The summed E-state index contributed by atoms with van der Waals surface area (Å²) < 4.78 is 2.07. The summed E-state index contributed by atoms with van der Waals surface area (Å²) in [7, 11) is 0. The van der Waals surface area contributed by atoms with Crippen molar-refractivity contribution in [3.8, 4) is 0 Å². The van der Waals surface area contributed by atoms with E-state index in [9.17, 15) is 9.59 Å². The van der Waals surface area contributed by atoms with Gasteiger partial charge in [-0.05, 0) is 36.5 Å². The molecule has 1 aliphatic heterocycles. The van der Waals surface area contributed by atoms with Gasteiger partial charge in [0.2, 0.25) is 5.91 Å². The van der Waals surface area contributed by atoms with Crippen LogP contribution in [0.2, 0.25) is 0 Å². The van der Waals surface area contributed by atoms with E-state index in [4.69, 9.17) is 0 Å². The number of nitrogens with zero attached hydrogens (tertiary/aromatic N) is 2. The smallest absolute Gasteiger partial charge is 0.251 e. The average molecular weight is 310 g/mol. The largest absolute Gasteiger partial charge is 0.349 e. The number of hydrogen-bond acceptors (Lipinski definition) is 3. The second-order valence-electron chi connectivity index (χ2n) is 6.32. The lowest BCUT2D eigenvalue weighted by Crippen LogP contribution is -2.45. The fraction of sp³-hybridized carbons (Fsp3) is 0.353. The molecule has 23 heavy (non-hydrogen) atoms. The molecule has 1 aromatic carbocycles. The highest BCUT2D eigenvalue weighted by molar-refractivity contribution is 6.05. The molecule has 6 nitrogen and oxygen atoms in total. The van der Waals surface area contributed by atoms with Crippen molar-refractivity contribution in [3.05, 3.63) is 48.0 Å². The van der Waals surface area contributed by atoms with Gasteiger partial charge in [0.05, 0.1) is 12.7 Å². The van der Waals surface area contributed by atoms with E-state index in [0.29, 0.717) is 11.5 Å². The van der Waals surface area contributed by atoms with Gasteiger partial charge in [0.15, 0.2) is 0 Å². The fourth-order valence-corrected chi connectivity index (χ4v) is 3.42. The summed E-state index contributed by atoms with van der Waals surface area (Å²) in [5.41, 5.74) is 2.18. The molecule has 0 saturated heterocycles. The highest BCUT2D eigenvalue weighted by atomic mass is 16.2. The van der Waals surface area contributed by atoms with E-state index in [1.807, 2.05) is 24.7 Å². The molecule has 2 heterocycles. The molecule has 0 atom stereocenters. The van der Waals surface area contributed by atoms with Crippen LogP contribution in [0.3, 0.4) is 0 Å². The second kappa shape index (κ2) is 5.53. The standard InChI is InChI=1S/C17H18N4O2/c22-16-8-14-13(2-1-3-15(14)20-16)17(23)19-12-6-11(7-12)9-21-5-4-18-10-21/h1-5,10-12H,6-9H2,(H,19,23)(H,20,22). The maximum Gasteiger partial charge on any atom is 0.251 e. The quantitative estimate of drug-likeness (QED) is 0.900. The Morgan fingerprint density at radius 3 is 3.04 bits per heavy atom. The zero-order valence-electron chi connectivity index (χ0n) is 12.7. The number of carbonyl (C=O) groups excluding carboxylic acids is 2. The number of fused-ring (bicyclic) bond motifs is 1. The molecule has 4 rings (SSSR count). The van der Waals surface area contributed by atoms with E-state index in [1.54, 1.807) is 12.3 Å². The number of rotatable bonds is 4. The van der Waals surface area contributed by atoms with Gasteiger partial charge in [-0.2, -0.15) is 0 Å². The first-order valence-electron chi connectivity index (χ1n) is 7.87. The minimum atomic E-state index is -0.0792. The predicted octanol–water partition coefficient (Wildman–Crippen LogP) is 1.59. The second-order valence-corrected chi connectivity index (χ2v) is 6.32. The Bertz CT molecular complexity index is 748. The Morgan fingerprint density at radius 2 is 2.26 bits per heavy atom. The van der Waals surface area contributed by atoms with Gasteiger partial charge in [-0.15, -0.1) is 0 Å². The first-order chi connectivity index (χ1) is 11.2. The minimum Gasteiger partial charge on any atom is -0.349 e. The van der Waals surface area contributed by atoms with Crippen LogP contribution >= 0.6 is 0 Å². The van der Waals surface area contributed by atoms with Crippen molar-refractivity contribution in [2.75, 3.05) is 5.32 Å². The Balaban J connectivity index is 1.35. The molecule has 0 bridgehead atoms. The van der Waals surface area contributed by atoms with E-state index >= 15 is 0 Å². The van der Waals surface area contributed by atoms with Gasteiger partial charge in [-0.25, -0.2) is 4.98 Å². The number of imidazole rings is 1. The number of aromatic nitrogens is 2. The molecule has 2 N–H and O–H groups in total. The SMILES string of the molecule is O=C1Cc2c(cccc2C(=O)NC2CC(Cn3ccnc3)C2)N1. The summed E-state index contributed by atoms with van der Waals surface area (Å²) in [6, 6.07) is 5.65. The van der Waals surface area contributed by atoms with Crippen LogP contribution in [0.4, 0.5) is 5.69 Å². The maximum absolute atomic E-state index is 12.5. The van der Waals surface area contributed by atoms with Gasteiger partial charge < -0.3 is 15.2 Å². The lowest BCUT2D eigenvalue weighted by Gasteiger charge is -2.36. The van der Waals surface area contributed by atoms with Crippen molar-refractivity contribution >= 4 is 17.5 Å².